The molecule has 4 nitrogen and oxygen atoms in total. The first-order chi connectivity index (χ1) is 8.70. The Morgan fingerprint density at radius 2 is 2.28 bits per heavy atom. The summed E-state index contributed by atoms with van der Waals surface area (Å²) in [4.78, 5) is 11.8. The molecule has 1 aliphatic carbocycles. The molecule has 0 radical (unpaired) electrons. The molecule has 0 aromatic heterocycles. The van der Waals surface area contributed by atoms with Crippen LogP contribution < -0.4 is 10.1 Å². The second kappa shape index (κ2) is 5.76. The number of benzene rings is 1. The van der Waals surface area contributed by atoms with Crippen molar-refractivity contribution in [2.75, 3.05) is 13.7 Å². The summed E-state index contributed by atoms with van der Waals surface area (Å²) in [6, 6.07) is 4.68. The van der Waals surface area contributed by atoms with E-state index in [0.717, 1.165) is 12.3 Å². The highest BCUT2D eigenvalue weighted by Crippen LogP contribution is 2.33. The Labute approximate surface area is 107 Å². The summed E-state index contributed by atoms with van der Waals surface area (Å²) in [5.74, 6) is 1.15. The van der Waals surface area contributed by atoms with Crippen molar-refractivity contribution in [3.63, 3.8) is 0 Å². The quantitative estimate of drug-likeness (QED) is 0.761. The van der Waals surface area contributed by atoms with Crippen LogP contribution in [-0.2, 0) is 0 Å². The summed E-state index contributed by atoms with van der Waals surface area (Å²) in [5.41, 5.74) is 0.294. The Bertz CT molecular complexity index is 427. The lowest BCUT2D eigenvalue weighted by Crippen LogP contribution is -2.24. The fraction of sp³-hybridized carbons (Fsp3) is 0.500. The number of nitrogens with one attached hydrogen (secondary N) is 1. The Kier molecular flexibility index (Phi) is 4.07. The molecular formula is C14H19NO3. The molecule has 4 heteroatoms. The van der Waals surface area contributed by atoms with Crippen molar-refractivity contribution in [1.82, 2.24) is 5.32 Å². The highest BCUT2D eigenvalue weighted by molar-refractivity contribution is 5.96. The molecule has 0 unspecified atom stereocenters. The number of carbonyl (C=O) groups is 1. The molecule has 0 saturated heterocycles. The number of ether oxygens (including phenoxy) is 1. The highest BCUT2D eigenvalue weighted by atomic mass is 16.5. The van der Waals surface area contributed by atoms with E-state index in [1.54, 1.807) is 12.1 Å². The standard InChI is InChI=1S/C14H19NO3/c1-18-11-6-7-12(13(16)9-11)14(17)15-8-2-3-10-4-5-10/h6-7,9-10,16H,2-5,8H2,1H3,(H,15,17). The third-order valence-electron chi connectivity index (χ3n) is 3.22. The van der Waals surface area contributed by atoms with Gasteiger partial charge in [0, 0.05) is 12.6 Å². The van der Waals surface area contributed by atoms with Crippen LogP contribution in [0.4, 0.5) is 0 Å². The SMILES string of the molecule is COc1ccc(C(=O)NCCCC2CC2)c(O)c1. The summed E-state index contributed by atoms with van der Waals surface area (Å²) in [5, 5.41) is 12.5. The number of aromatic hydroxyl groups is 1. The topological polar surface area (TPSA) is 58.6 Å². The largest absolute Gasteiger partial charge is 0.507 e. The molecule has 1 aromatic rings. The van der Waals surface area contributed by atoms with Crippen molar-refractivity contribution in [3.05, 3.63) is 23.8 Å². The van der Waals surface area contributed by atoms with Crippen LogP contribution in [0.1, 0.15) is 36.0 Å². The number of amides is 1. The van der Waals surface area contributed by atoms with Crippen LogP contribution in [0.5, 0.6) is 11.5 Å². The second-order valence-electron chi connectivity index (χ2n) is 4.72. The van der Waals surface area contributed by atoms with Crippen molar-refractivity contribution >= 4 is 5.91 Å². The highest BCUT2D eigenvalue weighted by Gasteiger charge is 2.20. The molecule has 0 spiro atoms. The molecule has 1 amide bonds. The molecule has 0 atom stereocenters. The average Bonchev–Trinajstić information content (AvgIpc) is 3.18. The van der Waals surface area contributed by atoms with Crippen LogP contribution in [0.2, 0.25) is 0 Å². The number of methoxy groups -OCH3 is 1. The predicted octanol–water partition coefficient (Wildman–Crippen LogP) is 2.32. The van der Waals surface area contributed by atoms with Gasteiger partial charge in [0.1, 0.15) is 11.5 Å². The maximum absolute atomic E-state index is 11.8. The first-order valence-corrected chi connectivity index (χ1v) is 6.36. The summed E-state index contributed by atoms with van der Waals surface area (Å²) < 4.78 is 4.97. The number of carbonyl (C=O) groups excluding carboxylic acids is 1. The van der Waals surface area contributed by atoms with E-state index in [2.05, 4.69) is 5.32 Å². The van der Waals surface area contributed by atoms with E-state index in [1.807, 2.05) is 0 Å². The van der Waals surface area contributed by atoms with Crippen LogP contribution in [0, 0.1) is 5.92 Å². The molecule has 2 rings (SSSR count). The van der Waals surface area contributed by atoms with Crippen molar-refractivity contribution < 1.29 is 14.6 Å². The monoisotopic (exact) mass is 249 g/mol. The van der Waals surface area contributed by atoms with Gasteiger partial charge in [-0.3, -0.25) is 4.79 Å². The van der Waals surface area contributed by atoms with Gasteiger partial charge < -0.3 is 15.2 Å². The summed E-state index contributed by atoms with van der Waals surface area (Å²) >= 11 is 0. The first-order valence-electron chi connectivity index (χ1n) is 6.36. The van der Waals surface area contributed by atoms with Crippen LogP contribution in [0.3, 0.4) is 0 Å². The molecule has 1 fully saturated rings. The zero-order valence-corrected chi connectivity index (χ0v) is 10.6. The Morgan fingerprint density at radius 1 is 1.50 bits per heavy atom. The van der Waals surface area contributed by atoms with Crippen molar-refractivity contribution in [2.24, 2.45) is 5.92 Å². The average molecular weight is 249 g/mol. The normalized spacial score (nSPS) is 14.3. The first kappa shape index (κ1) is 12.7. The van der Waals surface area contributed by atoms with Crippen LogP contribution in [0.25, 0.3) is 0 Å². The lowest BCUT2D eigenvalue weighted by molar-refractivity contribution is 0.0950. The van der Waals surface area contributed by atoms with Crippen molar-refractivity contribution in [3.8, 4) is 11.5 Å². The molecule has 1 aromatic carbocycles. The minimum Gasteiger partial charge on any atom is -0.507 e. The fourth-order valence-electron chi connectivity index (χ4n) is 1.92. The number of phenols is 1. The van der Waals surface area contributed by atoms with Gasteiger partial charge in [0.05, 0.1) is 12.7 Å². The van der Waals surface area contributed by atoms with Gasteiger partial charge in [-0.05, 0) is 30.9 Å². The lowest BCUT2D eigenvalue weighted by atomic mass is 10.1. The Hall–Kier alpha value is -1.71. The van der Waals surface area contributed by atoms with E-state index in [1.165, 1.54) is 32.4 Å². The van der Waals surface area contributed by atoms with Gasteiger partial charge >= 0.3 is 0 Å². The molecule has 1 aliphatic rings. The molecule has 0 aliphatic heterocycles. The lowest BCUT2D eigenvalue weighted by Gasteiger charge is -2.08. The maximum atomic E-state index is 11.8. The molecule has 98 valence electrons. The Balaban J connectivity index is 1.83. The molecule has 0 bridgehead atoms. The van der Waals surface area contributed by atoms with E-state index >= 15 is 0 Å². The van der Waals surface area contributed by atoms with Gasteiger partial charge in [0.25, 0.3) is 5.91 Å². The van der Waals surface area contributed by atoms with E-state index in [0.29, 0.717) is 17.9 Å². The van der Waals surface area contributed by atoms with E-state index in [9.17, 15) is 9.90 Å². The van der Waals surface area contributed by atoms with Crippen molar-refractivity contribution in [2.45, 2.75) is 25.7 Å². The fourth-order valence-corrected chi connectivity index (χ4v) is 1.92. The second-order valence-corrected chi connectivity index (χ2v) is 4.72. The smallest absolute Gasteiger partial charge is 0.255 e. The number of hydrogen-bond donors (Lipinski definition) is 2. The van der Waals surface area contributed by atoms with E-state index in [-0.39, 0.29) is 11.7 Å². The summed E-state index contributed by atoms with van der Waals surface area (Å²) in [6.45, 7) is 0.667. The molecule has 18 heavy (non-hydrogen) atoms. The zero-order valence-electron chi connectivity index (χ0n) is 10.6. The molecule has 1 saturated carbocycles. The molecule has 2 N–H and O–H groups in total. The van der Waals surface area contributed by atoms with E-state index in [4.69, 9.17) is 4.74 Å². The summed E-state index contributed by atoms with van der Waals surface area (Å²) in [7, 11) is 1.52. The van der Waals surface area contributed by atoms with Crippen molar-refractivity contribution in [1.29, 1.82) is 0 Å². The van der Waals surface area contributed by atoms with Gasteiger partial charge in [0.15, 0.2) is 0 Å². The van der Waals surface area contributed by atoms with Crippen LogP contribution in [0.15, 0.2) is 18.2 Å². The maximum Gasteiger partial charge on any atom is 0.255 e. The minimum absolute atomic E-state index is 0.0472. The minimum atomic E-state index is -0.231. The van der Waals surface area contributed by atoms with Gasteiger partial charge in [-0.1, -0.05) is 12.8 Å². The number of rotatable bonds is 6. The number of phenolic OH excluding ortho intramolecular Hbond substituents is 1. The van der Waals surface area contributed by atoms with Gasteiger partial charge in [-0.2, -0.15) is 0 Å². The Morgan fingerprint density at radius 3 is 2.89 bits per heavy atom. The van der Waals surface area contributed by atoms with E-state index < -0.39 is 0 Å². The third kappa shape index (κ3) is 3.39. The molecular weight excluding hydrogens is 230 g/mol. The number of hydrogen-bond acceptors (Lipinski definition) is 3. The predicted molar refractivity (Wildman–Crippen MR) is 69.0 cm³/mol. The van der Waals surface area contributed by atoms with Gasteiger partial charge in [-0.15, -0.1) is 0 Å². The molecule has 0 heterocycles. The third-order valence-corrected chi connectivity index (χ3v) is 3.22. The van der Waals surface area contributed by atoms with Gasteiger partial charge in [-0.25, -0.2) is 0 Å². The van der Waals surface area contributed by atoms with Crippen LogP contribution in [-0.4, -0.2) is 24.7 Å². The zero-order chi connectivity index (χ0) is 13.0. The van der Waals surface area contributed by atoms with Crippen LogP contribution >= 0.6 is 0 Å². The summed E-state index contributed by atoms with van der Waals surface area (Å²) in [6.07, 6.45) is 4.88. The van der Waals surface area contributed by atoms with Gasteiger partial charge in [0.2, 0.25) is 0 Å².